The van der Waals surface area contributed by atoms with Crippen LogP contribution in [0.15, 0.2) is 35.2 Å². The van der Waals surface area contributed by atoms with Crippen LogP contribution in [-0.4, -0.2) is 26.8 Å². The van der Waals surface area contributed by atoms with Gasteiger partial charge in [-0.05, 0) is 116 Å². The highest BCUT2D eigenvalue weighted by molar-refractivity contribution is 7.90. The molecule has 4 aliphatic rings. The molecule has 40 heavy (non-hydrogen) atoms. The summed E-state index contributed by atoms with van der Waals surface area (Å²) in [6.07, 6.45) is 16.1. The molecule has 0 radical (unpaired) electrons. The van der Waals surface area contributed by atoms with Gasteiger partial charge in [-0.1, -0.05) is 58.2 Å². The van der Waals surface area contributed by atoms with Gasteiger partial charge in [-0.3, -0.25) is 9.59 Å². The predicted octanol–water partition coefficient (Wildman–Crippen LogP) is 6.46. The van der Waals surface area contributed by atoms with Crippen LogP contribution in [0, 0.1) is 46.3 Å². The van der Waals surface area contributed by atoms with Crippen molar-refractivity contribution in [3.8, 4) is 0 Å². The van der Waals surface area contributed by atoms with E-state index in [1.54, 1.807) is 18.2 Å². The van der Waals surface area contributed by atoms with Gasteiger partial charge in [0.1, 0.15) is 0 Å². The number of amides is 2. The van der Waals surface area contributed by atoms with Gasteiger partial charge in [0.2, 0.25) is 5.91 Å². The first-order valence-electron chi connectivity index (χ1n) is 16.0. The molecule has 0 aliphatic heterocycles. The molecule has 4 aliphatic carbocycles. The lowest BCUT2D eigenvalue weighted by Crippen LogP contribution is -2.55. The lowest BCUT2D eigenvalue weighted by Gasteiger charge is -2.62. The predicted molar refractivity (Wildman–Crippen MR) is 158 cm³/mol. The first-order valence-corrected chi connectivity index (χ1v) is 17.4. The van der Waals surface area contributed by atoms with Crippen molar-refractivity contribution in [2.24, 2.45) is 46.3 Å². The molecule has 0 heterocycles. The van der Waals surface area contributed by atoms with Crippen molar-refractivity contribution in [1.29, 1.82) is 0 Å². The molecule has 222 valence electrons. The number of sulfonamides is 1. The minimum atomic E-state index is -3.93. The SMILES string of the molecule is CC[C@H]1C[C@H]2C3CC[C@H](CCCC(=O)NCC(=O)NS(=O)(=O)c4ccccc4)[C@@]3(C)CC[C@@H]2[C@@]2(C)CCCC[C@@H]12. The largest absolute Gasteiger partial charge is 0.347 e. The third kappa shape index (κ3) is 5.61. The third-order valence-corrected chi connectivity index (χ3v) is 13.6. The van der Waals surface area contributed by atoms with E-state index in [-0.39, 0.29) is 17.3 Å². The van der Waals surface area contributed by atoms with Crippen molar-refractivity contribution in [2.45, 2.75) is 109 Å². The number of rotatable bonds is 9. The Morgan fingerprint density at radius 2 is 1.65 bits per heavy atom. The minimum Gasteiger partial charge on any atom is -0.347 e. The van der Waals surface area contributed by atoms with Gasteiger partial charge in [-0.25, -0.2) is 13.1 Å². The number of hydrogen-bond donors (Lipinski definition) is 2. The molecule has 2 amide bonds. The Kier molecular flexibility index (Phi) is 8.71. The Bertz CT molecular complexity index is 1170. The van der Waals surface area contributed by atoms with Gasteiger partial charge < -0.3 is 5.32 Å². The zero-order valence-corrected chi connectivity index (χ0v) is 25.6. The van der Waals surface area contributed by atoms with Crippen LogP contribution in [0.2, 0.25) is 0 Å². The maximum Gasteiger partial charge on any atom is 0.264 e. The van der Waals surface area contributed by atoms with Crippen molar-refractivity contribution in [3.05, 3.63) is 30.3 Å². The van der Waals surface area contributed by atoms with Crippen LogP contribution in [0.1, 0.15) is 104 Å². The molecule has 4 saturated carbocycles. The second kappa shape index (κ2) is 11.8. The summed E-state index contributed by atoms with van der Waals surface area (Å²) in [5, 5.41) is 2.61. The molecular weight excluding hydrogens is 520 g/mol. The summed E-state index contributed by atoms with van der Waals surface area (Å²) in [6.45, 7) is 7.33. The smallest absolute Gasteiger partial charge is 0.264 e. The van der Waals surface area contributed by atoms with E-state index in [0.29, 0.717) is 23.2 Å². The van der Waals surface area contributed by atoms with Gasteiger partial charge in [0, 0.05) is 6.42 Å². The van der Waals surface area contributed by atoms with Crippen LogP contribution in [0.25, 0.3) is 0 Å². The first kappa shape index (κ1) is 29.6. The second-order valence-corrected chi connectivity index (χ2v) is 15.7. The maximum atomic E-state index is 12.5. The molecule has 0 aromatic heterocycles. The Hall–Kier alpha value is -1.89. The normalized spacial score (nSPS) is 37.1. The zero-order valence-electron chi connectivity index (χ0n) is 24.8. The Morgan fingerprint density at radius 1 is 0.900 bits per heavy atom. The number of carbonyl (C=O) groups is 2. The zero-order chi connectivity index (χ0) is 28.5. The van der Waals surface area contributed by atoms with Gasteiger partial charge in [-0.15, -0.1) is 0 Å². The molecule has 0 bridgehead atoms. The van der Waals surface area contributed by atoms with Crippen LogP contribution in [0.3, 0.4) is 0 Å². The molecule has 6 nitrogen and oxygen atoms in total. The maximum absolute atomic E-state index is 12.5. The van der Waals surface area contributed by atoms with Crippen LogP contribution in [0.4, 0.5) is 0 Å². The highest BCUT2D eigenvalue weighted by Gasteiger charge is 2.60. The lowest BCUT2D eigenvalue weighted by atomic mass is 9.42. The Labute approximate surface area is 241 Å². The van der Waals surface area contributed by atoms with Crippen molar-refractivity contribution in [1.82, 2.24) is 10.0 Å². The number of carbonyl (C=O) groups excluding carboxylic acids is 2. The van der Waals surface area contributed by atoms with E-state index >= 15 is 0 Å². The van der Waals surface area contributed by atoms with E-state index in [9.17, 15) is 18.0 Å². The van der Waals surface area contributed by atoms with E-state index in [1.165, 1.54) is 76.3 Å². The quantitative estimate of drug-likeness (QED) is 0.356. The summed E-state index contributed by atoms with van der Waals surface area (Å²) >= 11 is 0. The number of fused-ring (bicyclic) bond motifs is 5. The molecule has 8 atom stereocenters. The molecule has 2 N–H and O–H groups in total. The van der Waals surface area contributed by atoms with Gasteiger partial charge in [-0.2, -0.15) is 0 Å². The molecule has 4 fully saturated rings. The van der Waals surface area contributed by atoms with Crippen LogP contribution in [0.5, 0.6) is 0 Å². The molecule has 0 saturated heterocycles. The van der Waals surface area contributed by atoms with E-state index in [2.05, 4.69) is 26.1 Å². The van der Waals surface area contributed by atoms with E-state index < -0.39 is 15.9 Å². The monoisotopic (exact) mass is 570 g/mol. The molecule has 1 unspecified atom stereocenters. The number of benzene rings is 1. The number of hydrogen-bond acceptors (Lipinski definition) is 4. The second-order valence-electron chi connectivity index (χ2n) is 14.0. The highest BCUT2D eigenvalue weighted by atomic mass is 32.2. The first-order chi connectivity index (χ1) is 19.1. The van der Waals surface area contributed by atoms with E-state index in [1.807, 2.05) is 4.72 Å². The van der Waals surface area contributed by atoms with Gasteiger partial charge in [0.25, 0.3) is 15.9 Å². The van der Waals surface area contributed by atoms with Crippen LogP contribution in [-0.2, 0) is 19.6 Å². The van der Waals surface area contributed by atoms with Crippen molar-refractivity contribution in [2.75, 3.05) is 6.54 Å². The fourth-order valence-corrected chi connectivity index (χ4v) is 11.2. The van der Waals surface area contributed by atoms with E-state index in [0.717, 1.165) is 42.4 Å². The standard InChI is InChI=1S/C33H50N2O4S/c1-4-23-21-26-28-17-16-24(32(28,2)20-18-29(26)33(3)19-9-8-14-27(23)33)11-10-15-30(36)34-22-31(37)35-40(38,39)25-12-6-5-7-13-25/h5-7,12-13,23-24,26-29H,4,8-11,14-22H2,1-3H3,(H,34,36)(H,35,37)/t23-,24-,26-,27-,28?,29-,32+,33-/m0/s1. The summed E-state index contributed by atoms with van der Waals surface area (Å²) in [5.74, 6) is 4.19. The topological polar surface area (TPSA) is 92.3 Å². The lowest BCUT2D eigenvalue weighted by molar-refractivity contribution is -0.136. The average Bonchev–Trinajstić information content (AvgIpc) is 3.27. The van der Waals surface area contributed by atoms with Gasteiger partial charge >= 0.3 is 0 Å². The van der Waals surface area contributed by atoms with Gasteiger partial charge in [0.15, 0.2) is 0 Å². The average molecular weight is 571 g/mol. The summed E-state index contributed by atoms with van der Waals surface area (Å²) in [5.41, 5.74) is 0.936. The molecule has 1 aromatic rings. The van der Waals surface area contributed by atoms with Crippen molar-refractivity contribution < 1.29 is 18.0 Å². The molecular formula is C33H50N2O4S. The molecule has 0 spiro atoms. The summed E-state index contributed by atoms with van der Waals surface area (Å²) in [4.78, 5) is 24.7. The van der Waals surface area contributed by atoms with Crippen LogP contribution < -0.4 is 10.0 Å². The molecule has 7 heteroatoms. The Balaban J connectivity index is 1.11. The van der Waals surface area contributed by atoms with Crippen molar-refractivity contribution in [3.63, 3.8) is 0 Å². The van der Waals surface area contributed by atoms with Crippen LogP contribution >= 0.6 is 0 Å². The van der Waals surface area contributed by atoms with E-state index in [4.69, 9.17) is 0 Å². The van der Waals surface area contributed by atoms with Crippen molar-refractivity contribution >= 4 is 21.8 Å². The fraction of sp³-hybridized carbons (Fsp3) is 0.758. The number of nitrogens with one attached hydrogen (secondary N) is 2. The van der Waals surface area contributed by atoms with Gasteiger partial charge in [0.05, 0.1) is 11.4 Å². The fourth-order valence-electron chi connectivity index (χ4n) is 10.2. The molecule has 5 rings (SSSR count). The Morgan fingerprint density at radius 3 is 2.40 bits per heavy atom. The highest BCUT2D eigenvalue weighted by Crippen LogP contribution is 2.69. The summed E-state index contributed by atoms with van der Waals surface area (Å²) in [7, 11) is -3.93. The minimum absolute atomic E-state index is 0.0261. The third-order valence-electron chi connectivity index (χ3n) is 12.2. The molecule has 1 aromatic carbocycles. The summed E-state index contributed by atoms with van der Waals surface area (Å²) < 4.78 is 26.7. The summed E-state index contributed by atoms with van der Waals surface area (Å²) in [6, 6.07) is 7.77.